The molecule has 0 spiro atoms. The van der Waals surface area contributed by atoms with Crippen LogP contribution in [0.1, 0.15) is 33.4 Å². The molecule has 4 nitrogen and oxygen atoms in total. The highest BCUT2D eigenvalue weighted by molar-refractivity contribution is 8.15. The number of rotatable bonds is 7. The molecule has 0 aliphatic rings. The van der Waals surface area contributed by atoms with Gasteiger partial charge in [-0.1, -0.05) is 45.6 Å². The van der Waals surface area contributed by atoms with Gasteiger partial charge < -0.3 is 0 Å². The standard InChI is InChI=1S/C16H27N4PS/c1-6-18(7-2)21(22,19(8-3)9-4)16-14(5)17-15-12-10-11-13-20(15)16/h10-13H,6-9H2,1-5H3. The van der Waals surface area contributed by atoms with E-state index < -0.39 is 6.34 Å². The van der Waals surface area contributed by atoms with Gasteiger partial charge in [0.1, 0.15) is 17.4 Å². The lowest BCUT2D eigenvalue weighted by molar-refractivity contribution is 0.427. The molecular weight excluding hydrogens is 311 g/mol. The summed E-state index contributed by atoms with van der Waals surface area (Å²) in [5.41, 5.74) is 3.27. The largest absolute Gasteiger partial charge is 0.297 e. The van der Waals surface area contributed by atoms with Crippen molar-refractivity contribution in [1.29, 1.82) is 0 Å². The first-order valence-electron chi connectivity index (χ1n) is 8.09. The highest BCUT2D eigenvalue weighted by atomic mass is 32.4. The minimum absolute atomic E-state index is 0.962. The zero-order chi connectivity index (χ0) is 16.3. The minimum atomic E-state index is -2.03. The molecule has 2 rings (SSSR count). The molecule has 2 aromatic rings. The lowest BCUT2D eigenvalue weighted by atomic mass is 10.5. The van der Waals surface area contributed by atoms with Crippen molar-refractivity contribution in [3.05, 3.63) is 30.1 Å². The molecule has 2 aromatic heterocycles. The van der Waals surface area contributed by atoms with Crippen molar-refractivity contribution < 1.29 is 0 Å². The van der Waals surface area contributed by atoms with Crippen LogP contribution in [0.5, 0.6) is 0 Å². The highest BCUT2D eigenvalue weighted by Gasteiger charge is 2.35. The summed E-state index contributed by atoms with van der Waals surface area (Å²) in [6.45, 7) is 14.7. The number of hydrogen-bond donors (Lipinski definition) is 0. The molecule has 2 heterocycles. The topological polar surface area (TPSA) is 23.8 Å². The van der Waals surface area contributed by atoms with E-state index in [1.165, 1.54) is 5.44 Å². The third-order valence-electron chi connectivity index (χ3n) is 4.18. The lowest BCUT2D eigenvalue weighted by Crippen LogP contribution is -2.39. The minimum Gasteiger partial charge on any atom is -0.297 e. The quantitative estimate of drug-likeness (QED) is 0.723. The summed E-state index contributed by atoms with van der Waals surface area (Å²) in [5, 5.41) is 0. The van der Waals surface area contributed by atoms with Crippen LogP contribution in [0.4, 0.5) is 0 Å². The molecule has 0 aliphatic carbocycles. The summed E-state index contributed by atoms with van der Waals surface area (Å²) in [4.78, 5) is 4.75. The molecule has 0 bridgehead atoms. The Labute approximate surface area is 139 Å². The van der Waals surface area contributed by atoms with Gasteiger partial charge in [0.15, 0.2) is 0 Å². The second-order valence-corrected chi connectivity index (χ2v) is 9.44. The van der Waals surface area contributed by atoms with Crippen LogP contribution in [-0.4, -0.2) is 44.9 Å². The van der Waals surface area contributed by atoms with E-state index in [2.05, 4.69) is 66.7 Å². The fraction of sp³-hybridized carbons (Fsp3) is 0.562. The van der Waals surface area contributed by atoms with E-state index >= 15 is 0 Å². The Morgan fingerprint density at radius 2 is 1.59 bits per heavy atom. The van der Waals surface area contributed by atoms with Crippen molar-refractivity contribution in [2.45, 2.75) is 34.6 Å². The van der Waals surface area contributed by atoms with Gasteiger partial charge in [0.05, 0.1) is 5.69 Å². The maximum absolute atomic E-state index is 6.38. The maximum Gasteiger partial charge on any atom is 0.137 e. The Hall–Kier alpha value is -0.740. The Morgan fingerprint density at radius 1 is 1.05 bits per heavy atom. The average Bonchev–Trinajstić information content (AvgIpc) is 2.85. The summed E-state index contributed by atoms with van der Waals surface area (Å²) in [6.07, 6.45) is 0.0691. The molecule has 0 atom stereocenters. The fourth-order valence-corrected chi connectivity index (χ4v) is 8.51. The van der Waals surface area contributed by atoms with Gasteiger partial charge in [0.2, 0.25) is 0 Å². The molecular formula is C16H27N4PS. The third kappa shape index (κ3) is 2.76. The molecule has 122 valence electrons. The molecule has 0 saturated heterocycles. The molecule has 0 aliphatic heterocycles. The van der Waals surface area contributed by atoms with E-state index in [4.69, 9.17) is 16.8 Å². The molecule has 0 amide bonds. The van der Waals surface area contributed by atoms with E-state index in [1.54, 1.807) is 0 Å². The van der Waals surface area contributed by atoms with Crippen molar-refractivity contribution in [3.8, 4) is 0 Å². The van der Waals surface area contributed by atoms with Gasteiger partial charge in [0, 0.05) is 32.4 Å². The van der Waals surface area contributed by atoms with Crippen LogP contribution in [0.15, 0.2) is 24.4 Å². The molecule has 0 aromatic carbocycles. The van der Waals surface area contributed by atoms with Crippen LogP contribution in [0, 0.1) is 6.92 Å². The monoisotopic (exact) mass is 338 g/mol. The van der Waals surface area contributed by atoms with Crippen LogP contribution in [-0.2, 0) is 11.8 Å². The number of aryl methyl sites for hydroxylation is 1. The van der Waals surface area contributed by atoms with Gasteiger partial charge in [-0.25, -0.2) is 4.98 Å². The van der Waals surface area contributed by atoms with E-state index in [0.29, 0.717) is 0 Å². The first kappa shape index (κ1) is 17.6. The number of imidazole rings is 1. The van der Waals surface area contributed by atoms with Crippen molar-refractivity contribution in [2.24, 2.45) is 0 Å². The Bertz CT molecular complexity index is 658. The third-order valence-corrected chi connectivity index (χ3v) is 9.84. The normalized spacial score (nSPS) is 12.7. The SMILES string of the molecule is CCN(CC)P(=S)(c1c(C)nc2ccccn12)N(CC)CC. The van der Waals surface area contributed by atoms with Gasteiger partial charge in [-0.05, 0) is 19.1 Å². The molecule has 0 radical (unpaired) electrons. The zero-order valence-corrected chi connectivity index (χ0v) is 16.0. The average molecular weight is 338 g/mol. The van der Waals surface area contributed by atoms with Crippen LogP contribution in [0.2, 0.25) is 0 Å². The van der Waals surface area contributed by atoms with Gasteiger partial charge >= 0.3 is 0 Å². The number of aromatic nitrogens is 2. The van der Waals surface area contributed by atoms with E-state index in [-0.39, 0.29) is 0 Å². The number of nitrogens with zero attached hydrogens (tertiary/aromatic N) is 4. The van der Waals surface area contributed by atoms with E-state index in [1.807, 2.05) is 6.07 Å². The molecule has 0 N–H and O–H groups in total. The first-order valence-corrected chi connectivity index (χ1v) is 10.8. The van der Waals surface area contributed by atoms with E-state index in [9.17, 15) is 0 Å². The molecule has 0 unspecified atom stereocenters. The maximum atomic E-state index is 6.38. The number of fused-ring (bicyclic) bond motifs is 1. The van der Waals surface area contributed by atoms with Gasteiger partial charge in [-0.15, -0.1) is 0 Å². The smallest absolute Gasteiger partial charge is 0.137 e. The fourth-order valence-electron chi connectivity index (χ4n) is 3.11. The molecule has 0 saturated carbocycles. The zero-order valence-electron chi connectivity index (χ0n) is 14.3. The Morgan fingerprint density at radius 3 is 2.09 bits per heavy atom. The van der Waals surface area contributed by atoms with Crippen molar-refractivity contribution in [3.63, 3.8) is 0 Å². The number of hydrogen-bond acceptors (Lipinski definition) is 2. The highest BCUT2D eigenvalue weighted by Crippen LogP contribution is 2.52. The molecule has 22 heavy (non-hydrogen) atoms. The second kappa shape index (κ2) is 7.22. The lowest BCUT2D eigenvalue weighted by Gasteiger charge is -2.41. The van der Waals surface area contributed by atoms with Crippen molar-refractivity contribution >= 4 is 29.2 Å². The molecule has 0 fully saturated rings. The summed E-state index contributed by atoms with van der Waals surface area (Å²) in [7, 11) is 0. The molecule has 6 heteroatoms. The predicted octanol–water partition coefficient (Wildman–Crippen LogP) is 3.26. The summed E-state index contributed by atoms with van der Waals surface area (Å²) in [5.74, 6) is 0. The van der Waals surface area contributed by atoms with E-state index in [0.717, 1.165) is 37.5 Å². The van der Waals surface area contributed by atoms with Crippen LogP contribution >= 0.6 is 6.34 Å². The van der Waals surface area contributed by atoms with Gasteiger partial charge in [0.25, 0.3) is 0 Å². The Balaban J connectivity index is 2.77. The van der Waals surface area contributed by atoms with Gasteiger partial charge in [-0.3, -0.25) is 13.7 Å². The van der Waals surface area contributed by atoms with Gasteiger partial charge in [-0.2, -0.15) is 0 Å². The number of pyridine rings is 1. The predicted molar refractivity (Wildman–Crippen MR) is 99.7 cm³/mol. The van der Waals surface area contributed by atoms with Crippen molar-refractivity contribution in [2.75, 3.05) is 26.2 Å². The first-order chi connectivity index (χ1) is 10.5. The van der Waals surface area contributed by atoms with Crippen LogP contribution in [0.25, 0.3) is 5.65 Å². The second-order valence-electron chi connectivity index (χ2n) is 5.27. The van der Waals surface area contributed by atoms with Crippen molar-refractivity contribution in [1.82, 2.24) is 18.7 Å². The van der Waals surface area contributed by atoms with Crippen LogP contribution < -0.4 is 5.44 Å². The van der Waals surface area contributed by atoms with Crippen LogP contribution in [0.3, 0.4) is 0 Å². The Kier molecular flexibility index (Phi) is 5.78. The summed E-state index contributed by atoms with van der Waals surface area (Å²) in [6, 6.07) is 6.15. The summed E-state index contributed by atoms with van der Waals surface area (Å²) < 4.78 is 7.12. The summed E-state index contributed by atoms with van der Waals surface area (Å²) >= 11 is 6.38.